The second-order valence-electron chi connectivity index (χ2n) is 9.38. The van der Waals surface area contributed by atoms with Crippen molar-refractivity contribution < 1.29 is 9.47 Å². The van der Waals surface area contributed by atoms with Crippen molar-refractivity contribution in [3.05, 3.63) is 128 Å². The van der Waals surface area contributed by atoms with Gasteiger partial charge < -0.3 is 19.4 Å². The van der Waals surface area contributed by atoms with E-state index in [0.717, 1.165) is 0 Å². The molecule has 2 N–H and O–H groups in total. The summed E-state index contributed by atoms with van der Waals surface area (Å²) in [5.74, 6) is 2.31. The Morgan fingerprint density at radius 1 is 0.425 bits per heavy atom. The highest BCUT2D eigenvalue weighted by Gasteiger charge is 2.13. The third kappa shape index (κ3) is 4.33. The Morgan fingerprint density at radius 3 is 1.45 bits per heavy atom. The minimum Gasteiger partial charge on any atom is -0.457 e. The third-order valence-corrected chi connectivity index (χ3v) is 7.26. The van der Waals surface area contributed by atoms with Gasteiger partial charge >= 0.3 is 0 Å². The fourth-order valence-electron chi connectivity index (χ4n) is 4.81. The summed E-state index contributed by atoms with van der Waals surface area (Å²) in [6.45, 7) is 0. The van der Waals surface area contributed by atoms with Gasteiger partial charge in [0.05, 0.1) is 22.1 Å². The van der Waals surface area contributed by atoms with Crippen LogP contribution in [0.3, 0.4) is 0 Å². The lowest BCUT2D eigenvalue weighted by Crippen LogP contribution is -2.08. The molecule has 0 aliphatic heterocycles. The van der Waals surface area contributed by atoms with E-state index in [9.17, 15) is 9.59 Å². The zero-order chi connectivity index (χ0) is 27.4. The van der Waals surface area contributed by atoms with Gasteiger partial charge in [0.25, 0.3) is 0 Å². The molecule has 2 heterocycles. The van der Waals surface area contributed by atoms with Crippen LogP contribution in [0.1, 0.15) is 0 Å². The van der Waals surface area contributed by atoms with Crippen molar-refractivity contribution in [1.82, 2.24) is 9.97 Å². The lowest BCUT2D eigenvalue weighted by atomic mass is 10.0. The maximum atomic E-state index is 13.6. The molecule has 0 fully saturated rings. The molecule has 0 unspecified atom stereocenters. The summed E-state index contributed by atoms with van der Waals surface area (Å²) < 4.78 is 11.9. The van der Waals surface area contributed by atoms with Gasteiger partial charge in [-0.05, 0) is 91.0 Å². The quantitative estimate of drug-likeness (QED) is 0.210. The Morgan fingerprint density at radius 2 is 0.850 bits per heavy atom. The van der Waals surface area contributed by atoms with Gasteiger partial charge in [0.1, 0.15) is 23.0 Å². The number of rotatable bonds is 4. The summed E-state index contributed by atoms with van der Waals surface area (Å²) in [6, 6.07) is 28.0. The van der Waals surface area contributed by atoms with Crippen LogP contribution in [0, 0.1) is 0 Å². The Labute approximate surface area is 236 Å². The van der Waals surface area contributed by atoms with Crippen molar-refractivity contribution in [3.8, 4) is 23.0 Å². The van der Waals surface area contributed by atoms with E-state index in [2.05, 4.69) is 9.97 Å². The van der Waals surface area contributed by atoms with Crippen LogP contribution in [0.5, 0.6) is 23.0 Å². The highest BCUT2D eigenvalue weighted by molar-refractivity contribution is 6.30. The van der Waals surface area contributed by atoms with Crippen LogP contribution in [0.4, 0.5) is 0 Å². The van der Waals surface area contributed by atoms with Crippen molar-refractivity contribution >= 4 is 66.8 Å². The molecular formula is C32H18Cl2N2O4. The van der Waals surface area contributed by atoms with Crippen molar-refractivity contribution in [1.29, 1.82) is 0 Å². The molecule has 0 saturated carbocycles. The maximum absolute atomic E-state index is 13.6. The molecule has 2 aromatic heterocycles. The molecule has 0 aliphatic carbocycles. The van der Waals surface area contributed by atoms with Gasteiger partial charge in [-0.25, -0.2) is 0 Å². The average Bonchev–Trinajstić information content (AvgIpc) is 2.96. The molecule has 40 heavy (non-hydrogen) atoms. The van der Waals surface area contributed by atoms with Crippen LogP contribution in [-0.2, 0) is 0 Å². The van der Waals surface area contributed by atoms with E-state index in [4.69, 9.17) is 32.7 Å². The van der Waals surface area contributed by atoms with Crippen LogP contribution in [0.2, 0.25) is 10.0 Å². The summed E-state index contributed by atoms with van der Waals surface area (Å²) >= 11 is 11.9. The number of aromatic amines is 2. The molecular weight excluding hydrogens is 547 g/mol. The third-order valence-electron chi connectivity index (χ3n) is 6.76. The van der Waals surface area contributed by atoms with Gasteiger partial charge in [0.15, 0.2) is 10.9 Å². The Balaban J connectivity index is 1.34. The average molecular weight is 565 g/mol. The molecule has 0 spiro atoms. The minimum absolute atomic E-state index is 0.142. The summed E-state index contributed by atoms with van der Waals surface area (Å²) in [5, 5.41) is 3.14. The molecule has 7 aromatic rings. The number of halogens is 2. The summed E-state index contributed by atoms with van der Waals surface area (Å²) in [5.41, 5.74) is 2.04. The predicted octanol–water partition coefficient (Wildman–Crippen LogP) is 8.57. The number of pyridine rings is 2. The van der Waals surface area contributed by atoms with Crippen molar-refractivity contribution in [2.75, 3.05) is 0 Å². The second kappa shape index (κ2) is 9.45. The van der Waals surface area contributed by atoms with Crippen LogP contribution in [0.25, 0.3) is 43.6 Å². The molecule has 0 aliphatic rings. The lowest BCUT2D eigenvalue weighted by molar-refractivity contribution is 0.483. The molecule has 0 radical (unpaired) electrons. The first-order valence-corrected chi connectivity index (χ1v) is 13.1. The topological polar surface area (TPSA) is 84.2 Å². The Bertz CT molecular complexity index is 2220. The summed E-state index contributed by atoms with van der Waals surface area (Å²) in [4.78, 5) is 33.6. The zero-order valence-corrected chi connectivity index (χ0v) is 22.1. The molecule has 6 nitrogen and oxygen atoms in total. The fourth-order valence-corrected chi connectivity index (χ4v) is 5.06. The normalized spacial score (nSPS) is 11.4. The Kier molecular flexibility index (Phi) is 5.73. The second-order valence-corrected chi connectivity index (χ2v) is 10.3. The summed E-state index contributed by atoms with van der Waals surface area (Å²) in [7, 11) is 0. The number of hydrogen-bond donors (Lipinski definition) is 2. The van der Waals surface area contributed by atoms with E-state index in [1.165, 1.54) is 0 Å². The first-order chi connectivity index (χ1) is 19.4. The highest BCUT2D eigenvalue weighted by Crippen LogP contribution is 2.29. The molecule has 194 valence electrons. The van der Waals surface area contributed by atoms with Gasteiger partial charge in [0.2, 0.25) is 0 Å². The van der Waals surface area contributed by atoms with E-state index in [-0.39, 0.29) is 10.9 Å². The molecule has 5 aromatic carbocycles. The van der Waals surface area contributed by atoms with Crippen LogP contribution in [-0.4, -0.2) is 9.97 Å². The lowest BCUT2D eigenvalue weighted by Gasteiger charge is -2.10. The SMILES string of the molecule is O=c1c2ccc(Oc3ccc(Cl)cc3)cc2[nH]c2cc3c(=O)c4cc(Oc5ccc(Cl)cc5)ccc4[nH]c3cc12. The number of ether oxygens (including phenoxy) is 2. The number of H-pyrrole nitrogens is 2. The number of nitrogens with one attached hydrogen (secondary N) is 2. The Hall–Kier alpha value is -4.78. The maximum Gasteiger partial charge on any atom is 0.197 e. The van der Waals surface area contributed by atoms with Gasteiger partial charge in [-0.3, -0.25) is 9.59 Å². The van der Waals surface area contributed by atoms with Crippen molar-refractivity contribution in [3.63, 3.8) is 0 Å². The molecule has 0 bridgehead atoms. The van der Waals surface area contributed by atoms with Crippen LogP contribution in [0.15, 0.2) is 107 Å². The summed E-state index contributed by atoms with van der Waals surface area (Å²) in [6.07, 6.45) is 0. The van der Waals surface area contributed by atoms with Gasteiger partial charge in [0, 0.05) is 37.7 Å². The number of fused-ring (bicyclic) bond motifs is 4. The van der Waals surface area contributed by atoms with Gasteiger partial charge in [-0.1, -0.05) is 23.2 Å². The first-order valence-electron chi connectivity index (χ1n) is 12.4. The predicted molar refractivity (Wildman–Crippen MR) is 161 cm³/mol. The fraction of sp³-hybridized carbons (Fsp3) is 0. The molecule has 7 rings (SSSR count). The molecule has 0 atom stereocenters. The number of aromatic nitrogens is 2. The van der Waals surface area contributed by atoms with Crippen molar-refractivity contribution in [2.24, 2.45) is 0 Å². The van der Waals surface area contributed by atoms with Gasteiger partial charge in [-0.2, -0.15) is 0 Å². The largest absolute Gasteiger partial charge is 0.457 e. The van der Waals surface area contributed by atoms with E-state index in [0.29, 0.717) is 76.7 Å². The minimum atomic E-state index is -0.173. The van der Waals surface area contributed by atoms with Crippen LogP contribution < -0.4 is 20.3 Å². The van der Waals surface area contributed by atoms with Crippen LogP contribution >= 0.6 is 23.2 Å². The molecule has 0 saturated heterocycles. The first kappa shape index (κ1) is 24.3. The van der Waals surface area contributed by atoms with E-state index in [1.54, 1.807) is 97.1 Å². The van der Waals surface area contributed by atoms with E-state index >= 15 is 0 Å². The standard InChI is InChI=1S/C32H18Cl2N2O4/c33-17-1-5-19(6-2-17)39-21-10-12-27-24(13-21)32(38)26-16-30-25(15-29(26)35-27)31(37)23-11-9-22(14-28(23)36-30)40-20-7-3-18(34)4-8-20/h1-16H,(H,35,38)(H,36,37). The van der Waals surface area contributed by atoms with Crippen molar-refractivity contribution in [2.45, 2.75) is 0 Å². The smallest absolute Gasteiger partial charge is 0.197 e. The molecule has 0 amide bonds. The van der Waals surface area contributed by atoms with E-state index < -0.39 is 0 Å². The monoisotopic (exact) mass is 564 g/mol. The zero-order valence-electron chi connectivity index (χ0n) is 20.6. The number of benzene rings is 5. The van der Waals surface area contributed by atoms with Gasteiger partial charge in [-0.15, -0.1) is 0 Å². The van der Waals surface area contributed by atoms with E-state index in [1.807, 2.05) is 0 Å². The highest BCUT2D eigenvalue weighted by atomic mass is 35.5. The number of hydrogen-bond acceptors (Lipinski definition) is 4. The molecule has 8 heteroatoms.